The van der Waals surface area contributed by atoms with E-state index in [1.807, 2.05) is 0 Å². The zero-order valence-electron chi connectivity index (χ0n) is 11.6. The van der Waals surface area contributed by atoms with Crippen LogP contribution in [0.25, 0.3) is 0 Å². The molecule has 0 aromatic heterocycles. The normalized spacial score (nSPS) is 13.3. The van der Waals surface area contributed by atoms with Crippen LogP contribution in [0.5, 0.6) is 0 Å². The molecule has 1 N–H and O–H groups in total. The molecule has 1 aromatic carbocycles. The van der Waals surface area contributed by atoms with E-state index in [0.29, 0.717) is 6.07 Å². The van der Waals surface area contributed by atoms with Gasteiger partial charge >= 0.3 is 5.51 Å². The zero-order chi connectivity index (χ0) is 16.5. The summed E-state index contributed by atoms with van der Waals surface area (Å²) in [5.74, 6) is -1.08. The quantitative estimate of drug-likeness (QED) is 0.844. The maximum atomic E-state index is 13.2. The van der Waals surface area contributed by atoms with Gasteiger partial charge in [0, 0.05) is 7.11 Å². The number of methoxy groups -OCH3 is 1. The van der Waals surface area contributed by atoms with Crippen LogP contribution in [0.2, 0.25) is 0 Å². The molecule has 0 aliphatic heterocycles. The molecule has 0 aliphatic rings. The lowest BCUT2D eigenvalue weighted by Gasteiger charge is -2.28. The Morgan fingerprint density at radius 3 is 2.29 bits per heavy atom. The molecule has 0 bridgehead atoms. The number of alkyl halides is 3. The molecule has 0 fully saturated rings. The molecule has 1 rings (SSSR count). The largest absolute Gasteiger partial charge is 0.501 e. The lowest BCUT2D eigenvalue weighted by molar-refractivity contribution is -0.0435. The van der Waals surface area contributed by atoms with Gasteiger partial charge in [0.2, 0.25) is 0 Å². The van der Waals surface area contributed by atoms with Crippen LogP contribution in [-0.4, -0.2) is 33.2 Å². The molecule has 0 aliphatic carbocycles. The lowest BCUT2D eigenvalue weighted by Crippen LogP contribution is -2.37. The number of benzene rings is 1. The van der Waals surface area contributed by atoms with E-state index in [2.05, 4.69) is 5.32 Å². The second-order valence-corrected chi connectivity index (χ2v) is 6.94. The van der Waals surface area contributed by atoms with Crippen molar-refractivity contribution < 1.29 is 30.7 Å². The van der Waals surface area contributed by atoms with Gasteiger partial charge in [-0.15, -0.1) is 0 Å². The molecule has 1 aromatic rings. The van der Waals surface area contributed by atoms with E-state index in [9.17, 15) is 26.0 Å². The summed E-state index contributed by atoms with van der Waals surface area (Å²) in [4.78, 5) is -1.15. The number of halogens is 4. The van der Waals surface area contributed by atoms with Gasteiger partial charge in [0.15, 0.2) is 0 Å². The number of ether oxygens (including phenoxy) is 1. The van der Waals surface area contributed by atoms with Crippen molar-refractivity contribution in [1.29, 1.82) is 0 Å². The van der Waals surface area contributed by atoms with E-state index >= 15 is 0 Å². The monoisotopic (exact) mass is 329 g/mol. The molecule has 0 saturated heterocycles. The number of nitrogens with one attached hydrogen (secondary N) is 1. The first kappa shape index (κ1) is 17.7. The van der Waals surface area contributed by atoms with Crippen LogP contribution in [0.1, 0.15) is 13.8 Å². The summed E-state index contributed by atoms with van der Waals surface area (Å²) < 4.78 is 79.0. The standard InChI is InChI=1S/C12H15F4NO3S/c1-11(2,7-20-3)17-9-5-4-8(13)6-10(9)21(18,19)12(14,15)16/h4-6,17H,7H2,1-3H3. The fourth-order valence-corrected chi connectivity index (χ4v) is 2.63. The second kappa shape index (κ2) is 5.80. The lowest BCUT2D eigenvalue weighted by atomic mass is 10.1. The first-order valence-corrected chi connectivity index (χ1v) is 7.27. The van der Waals surface area contributed by atoms with E-state index in [4.69, 9.17) is 4.74 Å². The second-order valence-electron chi connectivity index (χ2n) is 5.03. The van der Waals surface area contributed by atoms with Crippen LogP contribution in [0, 0.1) is 5.82 Å². The minimum Gasteiger partial charge on any atom is -0.382 e. The minimum absolute atomic E-state index is 0.107. The Morgan fingerprint density at radius 1 is 1.24 bits per heavy atom. The fraction of sp³-hybridized carbons (Fsp3) is 0.500. The van der Waals surface area contributed by atoms with E-state index in [1.165, 1.54) is 7.11 Å². The molecule has 0 atom stereocenters. The van der Waals surface area contributed by atoms with Gasteiger partial charge in [-0.05, 0) is 32.0 Å². The highest BCUT2D eigenvalue weighted by Gasteiger charge is 2.48. The Kier molecular flexibility index (Phi) is 4.89. The number of sulfone groups is 1. The molecule has 120 valence electrons. The van der Waals surface area contributed by atoms with Gasteiger partial charge in [-0.25, -0.2) is 12.8 Å². The number of anilines is 1. The maximum Gasteiger partial charge on any atom is 0.501 e. The van der Waals surface area contributed by atoms with Crippen molar-refractivity contribution in [2.75, 3.05) is 19.0 Å². The van der Waals surface area contributed by atoms with Gasteiger partial charge in [0.1, 0.15) is 10.7 Å². The van der Waals surface area contributed by atoms with Gasteiger partial charge in [-0.3, -0.25) is 0 Å². The van der Waals surface area contributed by atoms with Crippen molar-refractivity contribution in [3.8, 4) is 0 Å². The third kappa shape index (κ3) is 4.07. The van der Waals surface area contributed by atoms with E-state index < -0.39 is 31.6 Å². The molecule has 4 nitrogen and oxygen atoms in total. The van der Waals surface area contributed by atoms with Crippen molar-refractivity contribution in [2.45, 2.75) is 29.8 Å². The van der Waals surface area contributed by atoms with Crippen molar-refractivity contribution in [1.82, 2.24) is 0 Å². The third-order valence-corrected chi connectivity index (χ3v) is 4.04. The first-order valence-electron chi connectivity index (χ1n) is 5.79. The Bertz CT molecular complexity index is 611. The number of rotatable bonds is 5. The van der Waals surface area contributed by atoms with Crippen LogP contribution >= 0.6 is 0 Å². The molecule has 0 radical (unpaired) electrons. The van der Waals surface area contributed by atoms with Gasteiger partial charge in [0.05, 0.1) is 17.8 Å². The highest BCUT2D eigenvalue weighted by molar-refractivity contribution is 7.92. The Hall–Kier alpha value is -1.35. The summed E-state index contributed by atoms with van der Waals surface area (Å²) in [6, 6.07) is 2.17. The molecule has 0 amide bonds. The van der Waals surface area contributed by atoms with Crippen LogP contribution in [0.15, 0.2) is 23.1 Å². The Morgan fingerprint density at radius 2 is 1.81 bits per heavy atom. The smallest absolute Gasteiger partial charge is 0.382 e. The Labute approximate surface area is 120 Å². The topological polar surface area (TPSA) is 55.4 Å². The van der Waals surface area contributed by atoms with Gasteiger partial charge in [0.25, 0.3) is 9.84 Å². The minimum atomic E-state index is -5.66. The summed E-state index contributed by atoms with van der Waals surface area (Å²) in [6.07, 6.45) is 0. The summed E-state index contributed by atoms with van der Waals surface area (Å²) in [5.41, 5.74) is -6.69. The highest BCUT2D eigenvalue weighted by Crippen LogP contribution is 2.35. The summed E-state index contributed by atoms with van der Waals surface area (Å²) in [5, 5.41) is 2.62. The molecule has 0 unspecified atom stereocenters. The Balaban J connectivity index is 3.37. The molecular weight excluding hydrogens is 314 g/mol. The van der Waals surface area contributed by atoms with Crippen LogP contribution < -0.4 is 5.32 Å². The van der Waals surface area contributed by atoms with Gasteiger partial charge in [-0.2, -0.15) is 13.2 Å². The average molecular weight is 329 g/mol. The van der Waals surface area contributed by atoms with Crippen LogP contribution in [-0.2, 0) is 14.6 Å². The molecular formula is C12H15F4NO3S. The first-order chi connectivity index (χ1) is 9.40. The van der Waals surface area contributed by atoms with Crippen LogP contribution in [0.3, 0.4) is 0 Å². The molecule has 9 heteroatoms. The average Bonchev–Trinajstić information content (AvgIpc) is 2.29. The number of hydrogen-bond acceptors (Lipinski definition) is 4. The SMILES string of the molecule is COCC(C)(C)Nc1ccc(F)cc1S(=O)(=O)C(F)(F)F. The van der Waals surface area contributed by atoms with E-state index in [1.54, 1.807) is 13.8 Å². The number of hydrogen-bond donors (Lipinski definition) is 1. The molecule has 21 heavy (non-hydrogen) atoms. The molecule has 0 saturated carbocycles. The maximum absolute atomic E-state index is 13.2. The summed E-state index contributed by atoms with van der Waals surface area (Å²) in [7, 11) is -4.27. The van der Waals surface area contributed by atoms with E-state index in [0.717, 1.165) is 12.1 Å². The van der Waals surface area contributed by atoms with E-state index in [-0.39, 0.29) is 12.3 Å². The molecule has 0 heterocycles. The van der Waals surface area contributed by atoms with Crippen molar-refractivity contribution >= 4 is 15.5 Å². The predicted octanol–water partition coefficient (Wildman–Crippen LogP) is 2.96. The van der Waals surface area contributed by atoms with Gasteiger partial charge in [-0.1, -0.05) is 0 Å². The zero-order valence-corrected chi connectivity index (χ0v) is 12.4. The predicted molar refractivity (Wildman–Crippen MR) is 69.2 cm³/mol. The highest BCUT2D eigenvalue weighted by atomic mass is 32.2. The van der Waals surface area contributed by atoms with Crippen molar-refractivity contribution in [3.63, 3.8) is 0 Å². The van der Waals surface area contributed by atoms with Crippen LogP contribution in [0.4, 0.5) is 23.2 Å². The third-order valence-electron chi connectivity index (χ3n) is 2.52. The van der Waals surface area contributed by atoms with Crippen molar-refractivity contribution in [3.05, 3.63) is 24.0 Å². The summed E-state index contributed by atoms with van der Waals surface area (Å²) >= 11 is 0. The van der Waals surface area contributed by atoms with Gasteiger partial charge < -0.3 is 10.1 Å². The summed E-state index contributed by atoms with van der Waals surface area (Å²) in [6.45, 7) is 3.31. The van der Waals surface area contributed by atoms with Crippen molar-refractivity contribution in [2.24, 2.45) is 0 Å². The fourth-order valence-electron chi connectivity index (χ4n) is 1.71. The molecule has 0 spiro atoms.